The standard InChI is InChI=1S/C22H27NO2S.2C5H10O2/c1-3-5-13-22(4-2,16-24)17-26-21-12-11-20(23-25)15-19(21)14-18-9-7-6-8-10-18;2*1-5(2,3)7-4-6/h6-12,15-16H,3-5,13-14,17H2,1-2H3;2*4H,1-3H3. The van der Waals surface area contributed by atoms with Gasteiger partial charge in [-0.1, -0.05) is 57.0 Å². The van der Waals surface area contributed by atoms with Crippen LogP contribution >= 0.6 is 11.8 Å². The molecule has 0 amide bonds. The van der Waals surface area contributed by atoms with Gasteiger partial charge in [-0.05, 0) is 95.3 Å². The third-order valence-electron chi connectivity index (χ3n) is 5.69. The molecule has 0 heterocycles. The first-order valence-corrected chi connectivity index (χ1v) is 14.6. The number of hydrogen-bond donors (Lipinski definition) is 0. The van der Waals surface area contributed by atoms with Crippen molar-refractivity contribution >= 4 is 36.7 Å². The van der Waals surface area contributed by atoms with Gasteiger partial charge in [0.2, 0.25) is 0 Å². The first-order chi connectivity index (χ1) is 18.8. The molecule has 7 nitrogen and oxygen atoms in total. The summed E-state index contributed by atoms with van der Waals surface area (Å²) in [4.78, 5) is 43.1. The van der Waals surface area contributed by atoms with Crippen molar-refractivity contribution in [3.05, 3.63) is 64.6 Å². The van der Waals surface area contributed by atoms with Crippen LogP contribution in [0.1, 0.15) is 92.2 Å². The predicted molar refractivity (Wildman–Crippen MR) is 164 cm³/mol. The van der Waals surface area contributed by atoms with Crippen molar-refractivity contribution in [2.75, 3.05) is 5.75 Å². The van der Waals surface area contributed by atoms with Crippen LogP contribution in [0.4, 0.5) is 5.69 Å². The average molecular weight is 574 g/mol. The van der Waals surface area contributed by atoms with Crippen LogP contribution in [-0.2, 0) is 30.3 Å². The van der Waals surface area contributed by atoms with Gasteiger partial charge >= 0.3 is 0 Å². The van der Waals surface area contributed by atoms with Gasteiger partial charge in [-0.25, -0.2) is 0 Å². The van der Waals surface area contributed by atoms with Gasteiger partial charge in [0, 0.05) is 16.1 Å². The summed E-state index contributed by atoms with van der Waals surface area (Å²) in [6, 6.07) is 15.8. The Labute approximate surface area is 244 Å². The minimum absolute atomic E-state index is 0.272. The lowest BCUT2D eigenvalue weighted by Crippen LogP contribution is -2.24. The van der Waals surface area contributed by atoms with Crippen molar-refractivity contribution in [2.24, 2.45) is 10.6 Å². The van der Waals surface area contributed by atoms with Crippen LogP contribution in [0.2, 0.25) is 0 Å². The van der Waals surface area contributed by atoms with Gasteiger partial charge in [-0.15, -0.1) is 16.7 Å². The largest absolute Gasteiger partial charge is 0.462 e. The van der Waals surface area contributed by atoms with Gasteiger partial charge in [0.15, 0.2) is 0 Å². The summed E-state index contributed by atoms with van der Waals surface area (Å²) < 4.78 is 9.10. The van der Waals surface area contributed by atoms with E-state index in [1.165, 1.54) is 5.56 Å². The molecule has 0 aromatic heterocycles. The third-order valence-corrected chi connectivity index (χ3v) is 7.12. The lowest BCUT2D eigenvalue weighted by atomic mass is 9.84. The monoisotopic (exact) mass is 573 g/mol. The van der Waals surface area contributed by atoms with Crippen LogP contribution in [0.5, 0.6) is 0 Å². The number of hydrogen-bond acceptors (Lipinski definition) is 8. The van der Waals surface area contributed by atoms with Crippen LogP contribution in [0.25, 0.3) is 0 Å². The number of nitrogens with zero attached hydrogens (tertiary/aromatic N) is 1. The van der Waals surface area contributed by atoms with E-state index in [9.17, 15) is 19.3 Å². The molecule has 2 rings (SSSR count). The van der Waals surface area contributed by atoms with Gasteiger partial charge < -0.3 is 14.3 Å². The fourth-order valence-electron chi connectivity index (χ4n) is 3.28. The molecular weight excluding hydrogens is 526 g/mol. The van der Waals surface area contributed by atoms with E-state index in [4.69, 9.17) is 0 Å². The lowest BCUT2D eigenvalue weighted by Gasteiger charge is -2.26. The third kappa shape index (κ3) is 16.9. The second kappa shape index (κ2) is 19.1. The lowest BCUT2D eigenvalue weighted by molar-refractivity contribution is -0.139. The van der Waals surface area contributed by atoms with Crippen molar-refractivity contribution in [2.45, 2.75) is 104 Å². The topological polar surface area (TPSA) is 99.1 Å². The van der Waals surface area contributed by atoms with Crippen LogP contribution in [0.15, 0.2) is 58.6 Å². The molecule has 8 heteroatoms. The maximum atomic E-state index is 11.8. The molecule has 0 N–H and O–H groups in total. The number of unbranched alkanes of at least 4 members (excludes halogenated alkanes) is 1. The molecule has 0 saturated carbocycles. The Kier molecular flexibility index (Phi) is 17.7. The smallest absolute Gasteiger partial charge is 0.293 e. The van der Waals surface area contributed by atoms with E-state index in [-0.39, 0.29) is 16.6 Å². The molecule has 0 fully saturated rings. The molecule has 222 valence electrons. The molecule has 2 aromatic rings. The Morgan fingerprint density at radius 2 is 1.43 bits per heavy atom. The Balaban J connectivity index is 0.000000894. The van der Waals surface area contributed by atoms with Crippen molar-refractivity contribution in [1.29, 1.82) is 0 Å². The summed E-state index contributed by atoms with van der Waals surface area (Å²) in [6.45, 7) is 16.1. The van der Waals surface area contributed by atoms with Gasteiger partial charge in [0.1, 0.15) is 23.2 Å². The molecule has 0 spiro atoms. The zero-order valence-electron chi connectivity index (χ0n) is 25.4. The number of ether oxygens (including phenoxy) is 2. The maximum absolute atomic E-state index is 11.8. The highest BCUT2D eigenvalue weighted by Gasteiger charge is 2.27. The molecule has 2 aromatic carbocycles. The van der Waals surface area contributed by atoms with E-state index in [0.29, 0.717) is 18.6 Å². The highest BCUT2D eigenvalue weighted by molar-refractivity contribution is 7.99. The van der Waals surface area contributed by atoms with E-state index in [1.54, 1.807) is 17.8 Å². The molecule has 0 aliphatic carbocycles. The molecular formula is C32H47NO6S. The number of thioether (sulfide) groups is 1. The van der Waals surface area contributed by atoms with Crippen molar-refractivity contribution < 1.29 is 23.9 Å². The molecule has 1 unspecified atom stereocenters. The van der Waals surface area contributed by atoms with Crippen LogP contribution in [0.3, 0.4) is 0 Å². The zero-order valence-corrected chi connectivity index (χ0v) is 26.2. The summed E-state index contributed by atoms with van der Waals surface area (Å²) in [5.41, 5.74) is 1.82. The quantitative estimate of drug-likeness (QED) is 0.135. The normalized spacial score (nSPS) is 12.3. The summed E-state index contributed by atoms with van der Waals surface area (Å²) in [5.74, 6) is 0.767. The molecule has 0 radical (unpaired) electrons. The number of rotatable bonds is 13. The van der Waals surface area contributed by atoms with Gasteiger partial charge in [0.05, 0.1) is 0 Å². The van der Waals surface area contributed by atoms with Crippen molar-refractivity contribution in [3.63, 3.8) is 0 Å². The van der Waals surface area contributed by atoms with E-state index >= 15 is 0 Å². The first kappa shape index (κ1) is 37.0. The maximum Gasteiger partial charge on any atom is 0.293 e. The minimum Gasteiger partial charge on any atom is -0.462 e. The number of nitroso groups, excluding NO2 is 1. The minimum atomic E-state index is -0.318. The first-order valence-electron chi connectivity index (χ1n) is 13.6. The predicted octanol–water partition coefficient (Wildman–Crippen LogP) is 8.47. The highest BCUT2D eigenvalue weighted by atomic mass is 32.2. The van der Waals surface area contributed by atoms with Crippen molar-refractivity contribution in [3.8, 4) is 0 Å². The fourth-order valence-corrected chi connectivity index (χ4v) is 4.62. The summed E-state index contributed by atoms with van der Waals surface area (Å²) >= 11 is 1.72. The molecule has 0 aliphatic rings. The number of aldehydes is 1. The van der Waals surface area contributed by atoms with E-state index in [1.807, 2.05) is 71.9 Å². The summed E-state index contributed by atoms with van der Waals surface area (Å²) in [7, 11) is 0. The Hall–Kier alpha value is -3.00. The molecule has 0 bridgehead atoms. The van der Waals surface area contributed by atoms with E-state index in [2.05, 4.69) is 40.6 Å². The number of carbonyl (C=O) groups excluding carboxylic acids is 3. The van der Waals surface area contributed by atoms with Crippen LogP contribution < -0.4 is 0 Å². The van der Waals surface area contributed by atoms with Crippen LogP contribution in [-0.4, -0.2) is 36.2 Å². The molecule has 0 aliphatic heterocycles. The molecule has 40 heavy (non-hydrogen) atoms. The van der Waals surface area contributed by atoms with Crippen molar-refractivity contribution in [1.82, 2.24) is 0 Å². The highest BCUT2D eigenvalue weighted by Crippen LogP contribution is 2.36. The Morgan fingerprint density at radius 3 is 1.82 bits per heavy atom. The zero-order chi connectivity index (χ0) is 30.7. The molecule has 0 saturated heterocycles. The number of benzene rings is 2. The van der Waals surface area contributed by atoms with E-state index in [0.717, 1.165) is 54.6 Å². The Morgan fingerprint density at radius 1 is 0.850 bits per heavy atom. The number of carbonyl (C=O) groups is 3. The van der Waals surface area contributed by atoms with Gasteiger partial charge in [-0.2, -0.15) is 0 Å². The Bertz CT molecular complexity index is 994. The fraction of sp³-hybridized carbons (Fsp3) is 0.531. The van der Waals surface area contributed by atoms with E-state index < -0.39 is 0 Å². The summed E-state index contributed by atoms with van der Waals surface area (Å²) in [6.07, 6.45) is 5.84. The van der Waals surface area contributed by atoms with Crippen LogP contribution in [0, 0.1) is 10.3 Å². The molecule has 1 atom stereocenters. The average Bonchev–Trinajstić information content (AvgIpc) is 2.90. The second-order valence-electron chi connectivity index (χ2n) is 11.4. The summed E-state index contributed by atoms with van der Waals surface area (Å²) in [5, 5.41) is 3.08. The van der Waals surface area contributed by atoms with Gasteiger partial charge in [-0.3, -0.25) is 9.59 Å². The second-order valence-corrected chi connectivity index (χ2v) is 12.4. The SMILES string of the molecule is CC(C)(C)OC=O.CC(C)(C)OC=O.CCCCC(C=O)(CC)CSc1ccc(N=O)cc1Cc1ccccc1. The van der Waals surface area contributed by atoms with Gasteiger partial charge in [0.25, 0.3) is 12.9 Å².